The van der Waals surface area contributed by atoms with Crippen molar-refractivity contribution in [2.24, 2.45) is 0 Å². The lowest BCUT2D eigenvalue weighted by atomic mass is 9.75. The molecule has 8 heteroatoms. The molecule has 1 aliphatic carbocycles. The minimum absolute atomic E-state index is 0.0984. The minimum atomic E-state index is -0.771. The van der Waals surface area contributed by atoms with E-state index in [1.54, 1.807) is 13.8 Å². The van der Waals surface area contributed by atoms with Gasteiger partial charge >= 0.3 is 11.7 Å². The van der Waals surface area contributed by atoms with E-state index in [9.17, 15) is 24.8 Å². The van der Waals surface area contributed by atoms with Gasteiger partial charge in [-0.3, -0.25) is 14.9 Å². The molecule has 0 amide bonds. The maximum absolute atomic E-state index is 12.7. The van der Waals surface area contributed by atoms with Gasteiger partial charge in [-0.2, -0.15) is 0 Å². The number of rotatable bonds is 4. The van der Waals surface area contributed by atoms with Crippen LogP contribution in [0.3, 0.4) is 0 Å². The first-order valence-corrected chi connectivity index (χ1v) is 8.73. The molecule has 2 N–H and O–H groups in total. The van der Waals surface area contributed by atoms with Gasteiger partial charge < -0.3 is 15.2 Å². The van der Waals surface area contributed by atoms with Gasteiger partial charge in [0.2, 0.25) is 0 Å². The Morgan fingerprint density at radius 2 is 2.15 bits per heavy atom. The maximum Gasteiger partial charge on any atom is 0.336 e. The van der Waals surface area contributed by atoms with Crippen LogP contribution < -0.4 is 5.32 Å². The van der Waals surface area contributed by atoms with Crippen LogP contribution in [0.1, 0.15) is 44.6 Å². The second kappa shape index (κ2) is 7.22. The number of nitro benzene ring substituents is 1. The molecule has 142 valence electrons. The zero-order valence-electron chi connectivity index (χ0n) is 15.1. The lowest BCUT2D eigenvalue weighted by Crippen LogP contribution is -2.34. The second-order valence-electron chi connectivity index (χ2n) is 6.49. The van der Waals surface area contributed by atoms with E-state index >= 15 is 0 Å². The molecular formula is C19H20N2O6. The number of nitro groups is 1. The molecule has 0 spiro atoms. The van der Waals surface area contributed by atoms with E-state index in [0.29, 0.717) is 36.1 Å². The van der Waals surface area contributed by atoms with Gasteiger partial charge in [0, 0.05) is 35.4 Å². The molecular weight excluding hydrogens is 352 g/mol. The monoisotopic (exact) mass is 372 g/mol. The second-order valence-corrected chi connectivity index (χ2v) is 6.49. The summed E-state index contributed by atoms with van der Waals surface area (Å²) in [7, 11) is 0. The van der Waals surface area contributed by atoms with E-state index in [0.717, 1.165) is 5.70 Å². The topological polar surface area (TPSA) is 119 Å². The number of nitrogens with one attached hydrogen (secondary N) is 1. The lowest BCUT2D eigenvalue weighted by Gasteiger charge is -2.34. The van der Waals surface area contributed by atoms with Crippen LogP contribution in [-0.4, -0.2) is 28.4 Å². The number of aromatic hydroxyl groups is 1. The molecule has 1 aromatic carbocycles. The van der Waals surface area contributed by atoms with Gasteiger partial charge in [0.1, 0.15) is 0 Å². The molecule has 27 heavy (non-hydrogen) atoms. The summed E-state index contributed by atoms with van der Waals surface area (Å²) < 4.78 is 5.17. The van der Waals surface area contributed by atoms with E-state index in [1.165, 1.54) is 18.2 Å². The summed E-state index contributed by atoms with van der Waals surface area (Å²) in [6, 6.07) is 3.92. The van der Waals surface area contributed by atoms with Gasteiger partial charge in [-0.05, 0) is 38.3 Å². The summed E-state index contributed by atoms with van der Waals surface area (Å²) in [6.07, 6.45) is 1.71. The highest BCUT2D eigenvalue weighted by Gasteiger charge is 2.39. The van der Waals surface area contributed by atoms with Crippen molar-refractivity contribution in [1.29, 1.82) is 0 Å². The van der Waals surface area contributed by atoms with E-state index < -0.39 is 28.2 Å². The summed E-state index contributed by atoms with van der Waals surface area (Å²) in [6.45, 7) is 3.57. The molecule has 1 atom stereocenters. The molecule has 0 fully saturated rings. The third-order valence-electron chi connectivity index (χ3n) is 4.80. The fraction of sp³-hybridized carbons (Fsp3) is 0.368. The average Bonchev–Trinajstić information content (AvgIpc) is 2.61. The van der Waals surface area contributed by atoms with Crippen LogP contribution in [0.15, 0.2) is 40.7 Å². The molecule has 8 nitrogen and oxygen atoms in total. The van der Waals surface area contributed by atoms with Crippen LogP contribution in [0.25, 0.3) is 0 Å². The largest absolute Gasteiger partial charge is 0.502 e. The highest BCUT2D eigenvalue weighted by atomic mass is 16.6. The quantitative estimate of drug-likeness (QED) is 0.474. The van der Waals surface area contributed by atoms with Crippen LogP contribution in [0.5, 0.6) is 5.75 Å². The molecule has 0 unspecified atom stereocenters. The molecule has 0 aromatic heterocycles. The maximum atomic E-state index is 12.7. The van der Waals surface area contributed by atoms with E-state index in [1.807, 2.05) is 0 Å². The Labute approximate surface area is 155 Å². The van der Waals surface area contributed by atoms with Crippen molar-refractivity contribution in [2.45, 2.75) is 39.0 Å². The van der Waals surface area contributed by atoms with Crippen molar-refractivity contribution >= 4 is 17.4 Å². The Kier molecular flexibility index (Phi) is 4.98. The summed E-state index contributed by atoms with van der Waals surface area (Å²) in [5, 5.41) is 24.1. The van der Waals surface area contributed by atoms with Crippen molar-refractivity contribution in [3.05, 3.63) is 56.4 Å². The summed E-state index contributed by atoms with van der Waals surface area (Å²) in [5.41, 5.74) is 1.91. The van der Waals surface area contributed by atoms with Gasteiger partial charge in [0.25, 0.3) is 0 Å². The number of phenols is 1. The number of phenolic OH excluding ortho intramolecular Hbond substituents is 1. The Hall–Kier alpha value is -3.16. The highest BCUT2D eigenvalue weighted by molar-refractivity contribution is 6.03. The van der Waals surface area contributed by atoms with Gasteiger partial charge in [-0.25, -0.2) is 4.79 Å². The fourth-order valence-electron chi connectivity index (χ4n) is 3.66. The smallest absolute Gasteiger partial charge is 0.336 e. The SMILES string of the molecule is CCOC(=O)C1=C(C)NC2=C(C(=O)CCC2)[C@@H]1c1ccc(O)c([N+](=O)[O-])c1. The number of allylic oxidation sites excluding steroid dienone is 3. The highest BCUT2D eigenvalue weighted by Crippen LogP contribution is 2.44. The van der Waals surface area contributed by atoms with Crippen LogP contribution in [0, 0.1) is 10.1 Å². The predicted octanol–water partition coefficient (Wildman–Crippen LogP) is 2.83. The van der Waals surface area contributed by atoms with Crippen molar-refractivity contribution < 1.29 is 24.4 Å². The number of dihydropyridines is 1. The Morgan fingerprint density at radius 1 is 1.41 bits per heavy atom. The van der Waals surface area contributed by atoms with Crippen molar-refractivity contribution in [3.8, 4) is 5.75 Å². The molecule has 0 radical (unpaired) electrons. The zero-order chi connectivity index (χ0) is 19.7. The van der Waals surface area contributed by atoms with Crippen molar-refractivity contribution in [2.75, 3.05) is 6.61 Å². The van der Waals surface area contributed by atoms with Crippen LogP contribution >= 0.6 is 0 Å². The summed E-state index contributed by atoms with van der Waals surface area (Å²) >= 11 is 0. The number of carbonyl (C=O) groups is 2. The first-order chi connectivity index (χ1) is 12.8. The van der Waals surface area contributed by atoms with Crippen LogP contribution in [0.4, 0.5) is 5.69 Å². The zero-order valence-corrected chi connectivity index (χ0v) is 15.1. The minimum Gasteiger partial charge on any atom is -0.502 e. The van der Waals surface area contributed by atoms with E-state index in [2.05, 4.69) is 5.32 Å². The third kappa shape index (κ3) is 3.30. The van der Waals surface area contributed by atoms with Crippen molar-refractivity contribution in [3.63, 3.8) is 0 Å². The Balaban J connectivity index is 2.21. The third-order valence-corrected chi connectivity index (χ3v) is 4.80. The van der Waals surface area contributed by atoms with Gasteiger partial charge in [0.05, 0.1) is 17.1 Å². The number of Topliss-reactive ketones (excluding diaryl/α,β-unsaturated/α-hetero) is 1. The number of carbonyl (C=O) groups excluding carboxylic acids is 2. The van der Waals surface area contributed by atoms with Crippen LogP contribution in [0.2, 0.25) is 0 Å². The Bertz CT molecular complexity index is 899. The number of hydrogen-bond donors (Lipinski definition) is 2. The molecule has 0 saturated heterocycles. The van der Waals surface area contributed by atoms with Gasteiger partial charge in [-0.15, -0.1) is 0 Å². The predicted molar refractivity (Wildman–Crippen MR) is 95.9 cm³/mol. The molecule has 0 saturated carbocycles. The molecule has 0 bridgehead atoms. The van der Waals surface area contributed by atoms with Gasteiger partial charge in [0.15, 0.2) is 11.5 Å². The molecule has 1 aromatic rings. The number of ketones is 1. The van der Waals surface area contributed by atoms with E-state index in [4.69, 9.17) is 4.74 Å². The number of ether oxygens (including phenoxy) is 1. The van der Waals surface area contributed by atoms with Crippen LogP contribution in [-0.2, 0) is 14.3 Å². The fourth-order valence-corrected chi connectivity index (χ4v) is 3.66. The summed E-state index contributed by atoms with van der Waals surface area (Å²) in [5.74, 6) is -1.92. The number of hydrogen-bond acceptors (Lipinski definition) is 7. The molecule has 3 rings (SSSR count). The first kappa shape index (κ1) is 18.6. The molecule has 1 aliphatic heterocycles. The molecule has 1 heterocycles. The summed E-state index contributed by atoms with van der Waals surface area (Å²) in [4.78, 5) is 35.8. The van der Waals surface area contributed by atoms with Gasteiger partial charge in [-0.1, -0.05) is 6.07 Å². The molecule has 2 aliphatic rings. The van der Waals surface area contributed by atoms with E-state index in [-0.39, 0.29) is 18.0 Å². The number of nitrogens with zero attached hydrogens (tertiary/aromatic N) is 1. The Morgan fingerprint density at radius 3 is 2.81 bits per heavy atom. The number of esters is 1. The lowest BCUT2D eigenvalue weighted by molar-refractivity contribution is -0.385. The van der Waals surface area contributed by atoms with Crippen molar-refractivity contribution in [1.82, 2.24) is 5.32 Å². The normalized spacial score (nSPS) is 19.5. The first-order valence-electron chi connectivity index (χ1n) is 8.73. The average molecular weight is 372 g/mol. The number of benzene rings is 1. The standard InChI is InChI=1S/C19H20N2O6/c1-3-27-19(24)16-10(2)20-12-5-4-6-15(23)18(12)17(16)11-7-8-14(22)13(9-11)21(25)26/h7-9,17,20,22H,3-6H2,1-2H3/t17-/m1/s1.